The van der Waals surface area contributed by atoms with Crippen molar-refractivity contribution in [3.63, 3.8) is 0 Å². The molecule has 0 unspecified atom stereocenters. The maximum Gasteiger partial charge on any atom is 0.135 e. The van der Waals surface area contributed by atoms with Gasteiger partial charge in [0.05, 0.1) is 45.9 Å². The van der Waals surface area contributed by atoms with Crippen LogP contribution in [-0.4, -0.2) is 4.57 Å². The Morgan fingerprint density at radius 3 is 1.77 bits per heavy atom. The van der Waals surface area contributed by atoms with E-state index in [1.165, 1.54) is 0 Å². The Morgan fingerprint density at radius 2 is 1.07 bits per heavy atom. The van der Waals surface area contributed by atoms with Crippen LogP contribution in [0.3, 0.4) is 0 Å². The Morgan fingerprint density at radius 1 is 0.432 bits per heavy atom. The van der Waals surface area contributed by atoms with Gasteiger partial charge in [0.25, 0.3) is 0 Å². The molecule has 0 N–H and O–H groups in total. The molecule has 0 aliphatic rings. The fourth-order valence-corrected chi connectivity index (χ4v) is 6.20. The second-order valence-corrected chi connectivity index (χ2v) is 10.8. The largest absolute Gasteiger partial charge is 0.456 e. The SMILES string of the molecule is N#Cc1cc(-c2cccc(-c3ccc4oc5ccccc5c4c3)c2)cc(-n2c3ccc(C#N)cc3c3cc(C#N)ccc32)c1. The van der Waals surface area contributed by atoms with Crippen molar-refractivity contribution in [2.24, 2.45) is 0 Å². The van der Waals surface area contributed by atoms with Gasteiger partial charge in [0.15, 0.2) is 0 Å². The van der Waals surface area contributed by atoms with Gasteiger partial charge in [-0.2, -0.15) is 15.8 Å². The van der Waals surface area contributed by atoms with Crippen molar-refractivity contribution in [2.45, 2.75) is 0 Å². The molecule has 8 rings (SSSR count). The fraction of sp³-hybridized carbons (Fsp3) is 0. The third kappa shape index (κ3) is 3.92. The summed E-state index contributed by atoms with van der Waals surface area (Å²) >= 11 is 0. The van der Waals surface area contributed by atoms with Gasteiger partial charge in [-0.05, 0) is 101 Å². The van der Waals surface area contributed by atoms with E-state index in [9.17, 15) is 15.8 Å². The number of hydrogen-bond donors (Lipinski definition) is 0. The smallest absolute Gasteiger partial charge is 0.135 e. The Labute approximate surface area is 252 Å². The molecule has 5 heteroatoms. The molecular weight excluding hydrogens is 540 g/mol. The standard InChI is InChI=1S/C39H20N4O/c40-21-24-8-11-36-33(16-24)34-17-25(22-41)9-12-37(34)43(36)31-15-26(23-42)14-30(19-31)28-5-3-4-27(18-28)29-10-13-39-35(20-29)32-6-1-2-7-38(32)44-39/h1-20H. The van der Waals surface area contributed by atoms with Crippen LogP contribution in [0.15, 0.2) is 126 Å². The molecule has 6 aromatic carbocycles. The number of para-hydroxylation sites is 1. The van der Waals surface area contributed by atoms with E-state index in [1.807, 2.05) is 66.7 Å². The minimum atomic E-state index is 0.534. The summed E-state index contributed by atoms with van der Waals surface area (Å²) in [6, 6.07) is 46.5. The lowest BCUT2D eigenvalue weighted by molar-refractivity contribution is 0.669. The van der Waals surface area contributed by atoms with Gasteiger partial charge in [0.1, 0.15) is 11.2 Å². The van der Waals surface area contributed by atoms with E-state index in [4.69, 9.17) is 4.42 Å². The van der Waals surface area contributed by atoms with Gasteiger partial charge in [0.2, 0.25) is 0 Å². The van der Waals surface area contributed by atoms with Crippen molar-refractivity contribution in [1.82, 2.24) is 4.57 Å². The molecule has 0 aliphatic heterocycles. The Hall–Kier alpha value is -6.61. The highest BCUT2D eigenvalue weighted by Crippen LogP contribution is 2.37. The lowest BCUT2D eigenvalue weighted by Crippen LogP contribution is -1.96. The zero-order valence-corrected chi connectivity index (χ0v) is 23.2. The summed E-state index contributed by atoms with van der Waals surface area (Å²) in [5.41, 5.74) is 9.98. The van der Waals surface area contributed by atoms with E-state index in [-0.39, 0.29) is 0 Å². The molecule has 2 aromatic heterocycles. The van der Waals surface area contributed by atoms with Gasteiger partial charge >= 0.3 is 0 Å². The zero-order valence-electron chi connectivity index (χ0n) is 23.2. The van der Waals surface area contributed by atoms with Crippen LogP contribution in [-0.2, 0) is 0 Å². The quantitative estimate of drug-likeness (QED) is 0.215. The number of nitriles is 3. The molecule has 0 bridgehead atoms. The average molecular weight is 561 g/mol. The number of aromatic nitrogens is 1. The van der Waals surface area contributed by atoms with Crippen molar-refractivity contribution in [2.75, 3.05) is 0 Å². The molecule has 0 amide bonds. The molecule has 0 fully saturated rings. The van der Waals surface area contributed by atoms with Crippen molar-refractivity contribution < 1.29 is 4.42 Å². The van der Waals surface area contributed by atoms with Gasteiger partial charge in [-0.1, -0.05) is 42.5 Å². The topological polar surface area (TPSA) is 89.4 Å². The summed E-state index contributed by atoms with van der Waals surface area (Å²) < 4.78 is 8.13. The second-order valence-electron chi connectivity index (χ2n) is 10.8. The van der Waals surface area contributed by atoms with Crippen LogP contribution in [0.25, 0.3) is 71.7 Å². The first kappa shape index (κ1) is 25.1. The van der Waals surface area contributed by atoms with Gasteiger partial charge in [0, 0.05) is 27.2 Å². The molecule has 0 spiro atoms. The van der Waals surface area contributed by atoms with Crippen LogP contribution < -0.4 is 0 Å². The first-order chi connectivity index (χ1) is 21.6. The predicted molar refractivity (Wildman–Crippen MR) is 173 cm³/mol. The second kappa shape index (κ2) is 9.74. The zero-order chi connectivity index (χ0) is 29.8. The lowest BCUT2D eigenvalue weighted by Gasteiger charge is -2.12. The van der Waals surface area contributed by atoms with E-state index in [0.717, 1.165) is 71.7 Å². The van der Waals surface area contributed by atoms with Crippen LogP contribution in [0.5, 0.6) is 0 Å². The van der Waals surface area contributed by atoms with E-state index >= 15 is 0 Å². The predicted octanol–water partition coefficient (Wildman–Crippen LogP) is 9.63. The fourth-order valence-electron chi connectivity index (χ4n) is 6.20. The molecule has 0 saturated carbocycles. The minimum Gasteiger partial charge on any atom is -0.456 e. The third-order valence-electron chi connectivity index (χ3n) is 8.23. The average Bonchev–Trinajstić information content (AvgIpc) is 3.62. The molecule has 44 heavy (non-hydrogen) atoms. The van der Waals surface area contributed by atoms with Crippen LogP contribution in [0, 0.1) is 34.0 Å². The van der Waals surface area contributed by atoms with Gasteiger partial charge < -0.3 is 8.98 Å². The number of fused-ring (bicyclic) bond motifs is 6. The maximum atomic E-state index is 10.1. The van der Waals surface area contributed by atoms with Crippen molar-refractivity contribution >= 4 is 43.7 Å². The summed E-state index contributed by atoms with van der Waals surface area (Å²) in [7, 11) is 0. The van der Waals surface area contributed by atoms with Crippen LogP contribution in [0.2, 0.25) is 0 Å². The van der Waals surface area contributed by atoms with Crippen molar-refractivity contribution in [1.29, 1.82) is 15.8 Å². The summed E-state index contributed by atoms with van der Waals surface area (Å²) in [5.74, 6) is 0. The molecule has 0 saturated heterocycles. The van der Waals surface area contributed by atoms with E-state index in [2.05, 4.69) is 65.2 Å². The Kier molecular flexibility index (Phi) is 5.56. The number of benzene rings is 6. The molecule has 0 radical (unpaired) electrons. The number of nitrogens with zero attached hydrogens (tertiary/aromatic N) is 4. The molecule has 0 aliphatic carbocycles. The molecular formula is C39H20N4O. The normalized spacial score (nSPS) is 11.1. The highest BCUT2D eigenvalue weighted by atomic mass is 16.3. The summed E-state index contributed by atoms with van der Waals surface area (Å²) in [5, 5.41) is 33.1. The summed E-state index contributed by atoms with van der Waals surface area (Å²) in [6.07, 6.45) is 0. The first-order valence-corrected chi connectivity index (χ1v) is 14.1. The number of furan rings is 1. The highest BCUT2D eigenvalue weighted by molar-refractivity contribution is 6.10. The highest BCUT2D eigenvalue weighted by Gasteiger charge is 2.16. The van der Waals surface area contributed by atoms with Crippen molar-refractivity contribution in [3.8, 4) is 46.1 Å². The lowest BCUT2D eigenvalue weighted by atomic mass is 9.96. The van der Waals surface area contributed by atoms with E-state index in [0.29, 0.717) is 16.7 Å². The van der Waals surface area contributed by atoms with Crippen molar-refractivity contribution in [3.05, 3.63) is 138 Å². The molecule has 8 aromatic rings. The molecule has 202 valence electrons. The van der Waals surface area contributed by atoms with Gasteiger partial charge in [-0.3, -0.25) is 0 Å². The summed E-state index contributed by atoms with van der Waals surface area (Å²) in [4.78, 5) is 0. The monoisotopic (exact) mass is 560 g/mol. The van der Waals surface area contributed by atoms with Crippen LogP contribution in [0.1, 0.15) is 16.7 Å². The number of rotatable bonds is 3. The molecule has 5 nitrogen and oxygen atoms in total. The Balaban J connectivity index is 1.30. The molecule has 0 atom stereocenters. The maximum absolute atomic E-state index is 10.1. The van der Waals surface area contributed by atoms with E-state index < -0.39 is 0 Å². The summed E-state index contributed by atoms with van der Waals surface area (Å²) in [6.45, 7) is 0. The Bertz CT molecular complexity index is 2530. The minimum absolute atomic E-state index is 0.534. The van der Waals surface area contributed by atoms with Crippen LogP contribution >= 0.6 is 0 Å². The number of hydrogen-bond acceptors (Lipinski definition) is 4. The third-order valence-corrected chi connectivity index (χ3v) is 8.23. The van der Waals surface area contributed by atoms with Gasteiger partial charge in [-0.25, -0.2) is 0 Å². The molecule has 2 heterocycles. The van der Waals surface area contributed by atoms with Crippen LogP contribution in [0.4, 0.5) is 0 Å². The van der Waals surface area contributed by atoms with E-state index in [1.54, 1.807) is 12.1 Å². The van der Waals surface area contributed by atoms with Gasteiger partial charge in [-0.15, -0.1) is 0 Å². The first-order valence-electron chi connectivity index (χ1n) is 14.1.